The van der Waals surface area contributed by atoms with E-state index in [1.807, 2.05) is 0 Å². The number of nitrogens with one attached hydrogen (secondary N) is 2. The van der Waals surface area contributed by atoms with Crippen molar-refractivity contribution in [3.8, 4) is 6.07 Å². The Morgan fingerprint density at radius 3 is 2.74 bits per heavy atom. The number of amidine groups is 1. The molecular weight excluding hydrogens is 674 g/mol. The molecule has 2 amide bonds. The molecule has 0 saturated carbocycles. The van der Waals surface area contributed by atoms with E-state index in [0.29, 0.717) is 20.4 Å². The van der Waals surface area contributed by atoms with Gasteiger partial charge < -0.3 is 36.6 Å². The van der Waals surface area contributed by atoms with Gasteiger partial charge in [-0.05, 0) is 17.1 Å². The number of nitrogens with zero attached hydrogens (tertiary/aromatic N) is 5. The van der Waals surface area contributed by atoms with Crippen LogP contribution in [0.4, 0.5) is 5.13 Å². The van der Waals surface area contributed by atoms with Crippen LogP contribution >= 0.6 is 58.2 Å². The quantitative estimate of drug-likeness (QED) is 0.0335. The Labute approximate surface area is 285 Å². The Morgan fingerprint density at radius 2 is 2.14 bits per heavy atom. The van der Waals surface area contributed by atoms with Crippen LogP contribution in [-0.4, -0.2) is 89.9 Å². The predicted octanol–water partition coefficient (Wildman–Crippen LogP) is -3.91. The van der Waals surface area contributed by atoms with Gasteiger partial charge in [0.1, 0.15) is 39.6 Å². The minimum atomic E-state index is -1.57. The molecule has 4 heterocycles. The van der Waals surface area contributed by atoms with Crippen LogP contribution in [0.2, 0.25) is 0 Å². The van der Waals surface area contributed by atoms with E-state index in [9.17, 15) is 29.5 Å². The van der Waals surface area contributed by atoms with Gasteiger partial charge in [0.05, 0.1) is 21.6 Å². The number of amides is 2. The van der Waals surface area contributed by atoms with Gasteiger partial charge in [0.15, 0.2) is 10.8 Å². The van der Waals surface area contributed by atoms with Gasteiger partial charge in [-0.2, -0.15) is 9.64 Å². The van der Waals surface area contributed by atoms with Crippen LogP contribution in [0.1, 0.15) is 11.3 Å². The molecule has 22 heteroatoms. The van der Waals surface area contributed by atoms with Crippen LogP contribution in [0.3, 0.4) is 0 Å². The van der Waals surface area contributed by atoms with Gasteiger partial charge in [0, 0.05) is 16.9 Å². The molecule has 0 aliphatic carbocycles. The van der Waals surface area contributed by atoms with Crippen LogP contribution in [0, 0.1) is 16.7 Å². The topological polar surface area (TPSA) is 274 Å². The zero-order chi connectivity index (χ0) is 30.6. The Balaban J connectivity index is 0.00000506. The standard InChI is InChI=1S/C21H19N9O7S5.Na/c22-1-8-16(38-6-10(23)24)29-42-20(8)40-4-7-3-39-18-13(17(34)30(18)14(7)19(35)36)27-15(33)12(28-37-2-11(31)32)9-5-41-21(25)26-9;/h5,13,18H,2-4,6H2,(H3,23,24)(H2,25,26)(H,27,33)(H,31,32)(H,35,36);/q;+1/p-1/b28-12-;/t13-,18-;/m1./s1. The van der Waals surface area contributed by atoms with Crippen molar-refractivity contribution in [1.29, 1.82) is 10.7 Å². The SMILES string of the molecule is N#Cc1c(SCC(=N)N)nsc1SCC1=C(C(=O)[O-])N2C(=O)[C@@H](NC(=O)/C(=N\OCC(=O)O)c3csc(N)n3)[C@H]2SC1.[Na+]. The fourth-order valence-electron chi connectivity index (χ4n) is 3.60. The number of nitrogen functional groups attached to an aromatic ring is 1. The van der Waals surface area contributed by atoms with Gasteiger partial charge >= 0.3 is 35.5 Å². The van der Waals surface area contributed by atoms with Gasteiger partial charge in [-0.15, -0.1) is 34.9 Å². The first kappa shape index (κ1) is 34.6. The number of carbonyl (C=O) groups is 4. The normalized spacial score (nSPS) is 17.7. The number of carboxylic acid groups (broad SMARTS) is 2. The molecule has 2 aromatic heterocycles. The number of hydrogen-bond acceptors (Lipinski definition) is 17. The molecule has 0 spiro atoms. The zero-order valence-electron chi connectivity index (χ0n) is 21.9. The van der Waals surface area contributed by atoms with Crippen LogP contribution in [-0.2, 0) is 24.0 Å². The number of carboxylic acids is 2. The molecule has 0 aromatic carbocycles. The summed E-state index contributed by atoms with van der Waals surface area (Å²) in [7, 11) is 0. The molecular formula is C21H18N9NaO7S5. The maximum absolute atomic E-state index is 13.1. The third-order valence-electron chi connectivity index (χ3n) is 5.33. The summed E-state index contributed by atoms with van der Waals surface area (Å²) in [5, 5.41) is 45.0. The van der Waals surface area contributed by atoms with E-state index < -0.39 is 47.5 Å². The maximum Gasteiger partial charge on any atom is 1.00 e. The number of aromatic nitrogens is 2. The second-order valence-electron chi connectivity index (χ2n) is 8.14. The van der Waals surface area contributed by atoms with Crippen LogP contribution < -0.4 is 51.4 Å². The summed E-state index contributed by atoms with van der Waals surface area (Å²) in [6.07, 6.45) is 0. The van der Waals surface area contributed by atoms with Crippen LogP contribution in [0.5, 0.6) is 0 Å². The first-order valence-electron chi connectivity index (χ1n) is 11.3. The van der Waals surface area contributed by atoms with Crippen molar-refractivity contribution in [2.75, 3.05) is 29.6 Å². The van der Waals surface area contributed by atoms with Gasteiger partial charge in [-0.25, -0.2) is 9.78 Å². The van der Waals surface area contributed by atoms with Crippen LogP contribution in [0.25, 0.3) is 0 Å². The number of thiazole rings is 1. The molecule has 0 bridgehead atoms. The molecule has 1 fully saturated rings. The van der Waals surface area contributed by atoms with Crippen molar-refractivity contribution in [2.24, 2.45) is 10.9 Å². The van der Waals surface area contributed by atoms with E-state index in [4.69, 9.17) is 26.8 Å². The number of hydrogen-bond donors (Lipinski definition) is 5. The van der Waals surface area contributed by atoms with Gasteiger partial charge in [0.2, 0.25) is 6.61 Å². The van der Waals surface area contributed by atoms with Gasteiger partial charge in [-0.1, -0.05) is 16.9 Å². The summed E-state index contributed by atoms with van der Waals surface area (Å²) in [6.45, 7) is -0.832. The number of nitriles is 1. The number of aliphatic carboxylic acids is 2. The smallest absolute Gasteiger partial charge is 0.543 e. The van der Waals surface area contributed by atoms with Crippen molar-refractivity contribution in [1.82, 2.24) is 19.6 Å². The number of β-lactam (4-membered cyclic amide) rings is 1. The largest absolute Gasteiger partial charge is 1.00 e. The predicted molar refractivity (Wildman–Crippen MR) is 154 cm³/mol. The van der Waals surface area contributed by atoms with E-state index >= 15 is 0 Å². The molecule has 2 atom stereocenters. The first-order valence-corrected chi connectivity index (χ1v) is 16.0. The maximum atomic E-state index is 13.1. The van der Waals surface area contributed by atoms with E-state index in [2.05, 4.69) is 25.9 Å². The minimum absolute atomic E-state index is 0. The number of oxime groups is 1. The molecule has 2 aromatic rings. The second kappa shape index (κ2) is 15.2. The Bertz CT molecular complexity index is 1570. The molecule has 0 unspecified atom stereocenters. The Hall–Kier alpha value is -2.84. The molecule has 2 aliphatic rings. The third-order valence-corrected chi connectivity index (χ3v) is 10.7. The Morgan fingerprint density at radius 1 is 1.40 bits per heavy atom. The molecule has 1 saturated heterocycles. The first-order chi connectivity index (χ1) is 20.0. The number of fused-ring (bicyclic) bond motifs is 1. The summed E-state index contributed by atoms with van der Waals surface area (Å²) >= 11 is 5.60. The average molecular weight is 692 g/mol. The zero-order valence-corrected chi connectivity index (χ0v) is 28.0. The van der Waals surface area contributed by atoms with Crippen molar-refractivity contribution < 1.29 is 63.8 Å². The third kappa shape index (κ3) is 8.01. The summed E-state index contributed by atoms with van der Waals surface area (Å²) in [5.74, 6) is -4.10. The number of anilines is 1. The van der Waals surface area contributed by atoms with E-state index in [1.54, 1.807) is 0 Å². The number of thioether (sulfide) groups is 3. The Kier molecular flexibility index (Phi) is 12.3. The molecule has 220 valence electrons. The summed E-state index contributed by atoms with van der Waals surface area (Å²) < 4.78 is 4.77. The monoisotopic (exact) mass is 691 g/mol. The number of carbonyl (C=O) groups excluding carboxylic acids is 3. The van der Waals surface area contributed by atoms with Crippen molar-refractivity contribution in [2.45, 2.75) is 20.7 Å². The van der Waals surface area contributed by atoms with E-state index in [0.717, 1.165) is 39.5 Å². The summed E-state index contributed by atoms with van der Waals surface area (Å²) in [4.78, 5) is 58.6. The molecule has 43 heavy (non-hydrogen) atoms. The summed E-state index contributed by atoms with van der Waals surface area (Å²) in [6, 6.07) is 0.944. The molecule has 0 radical (unpaired) electrons. The van der Waals surface area contributed by atoms with Gasteiger partial charge in [0.25, 0.3) is 11.8 Å². The second-order valence-corrected chi connectivity index (χ2v) is 13.1. The molecule has 2 aliphatic heterocycles. The van der Waals surface area contributed by atoms with Crippen molar-refractivity contribution in [3.63, 3.8) is 0 Å². The van der Waals surface area contributed by atoms with Gasteiger partial charge in [-0.3, -0.25) is 19.9 Å². The molecule has 16 nitrogen and oxygen atoms in total. The fraction of sp³-hybridized carbons (Fsp3) is 0.286. The fourth-order valence-corrected chi connectivity index (χ4v) is 8.48. The van der Waals surface area contributed by atoms with Crippen LogP contribution in [0.15, 0.2) is 31.0 Å². The van der Waals surface area contributed by atoms with Crippen molar-refractivity contribution in [3.05, 3.63) is 27.9 Å². The van der Waals surface area contributed by atoms with Crippen molar-refractivity contribution >= 4 is 98.6 Å². The molecule has 7 N–H and O–H groups in total. The minimum Gasteiger partial charge on any atom is -0.543 e. The molecule has 4 rings (SSSR count). The average Bonchev–Trinajstić information content (AvgIpc) is 3.55. The summed E-state index contributed by atoms with van der Waals surface area (Å²) in [5.41, 5.74) is 10.9. The van der Waals surface area contributed by atoms with E-state index in [1.165, 1.54) is 28.9 Å². The number of nitrogens with two attached hydrogens (primary N) is 2. The van der Waals surface area contributed by atoms with E-state index in [-0.39, 0.29) is 69.2 Å². The number of rotatable bonds is 13.